The molecule has 0 saturated heterocycles. The number of carboxylic acid groups (broad SMARTS) is 2. The number of carbonyl (C=O) groups is 3. The average molecular weight is 473 g/mol. The van der Waals surface area contributed by atoms with Gasteiger partial charge in [0.2, 0.25) is 11.7 Å². The summed E-state index contributed by atoms with van der Waals surface area (Å²) in [5.74, 6) is -5.95. The monoisotopic (exact) mass is 473 g/mol. The van der Waals surface area contributed by atoms with E-state index in [1.54, 1.807) is 24.3 Å². The zero-order valence-corrected chi connectivity index (χ0v) is 18.1. The van der Waals surface area contributed by atoms with Crippen LogP contribution in [0, 0.1) is 5.82 Å². The minimum Gasteiger partial charge on any atom is -0.496 e. The first-order chi connectivity index (χ1) is 16.2. The lowest BCUT2D eigenvalue weighted by molar-refractivity contribution is -0.140. The van der Waals surface area contributed by atoms with E-state index in [4.69, 9.17) is 19.3 Å². The van der Waals surface area contributed by atoms with E-state index in [2.05, 4.69) is 15.3 Å². The number of fused-ring (bicyclic) bond motifs is 1. The zero-order chi connectivity index (χ0) is 24.8. The molecule has 0 saturated carbocycles. The Labute approximate surface area is 192 Å². The van der Waals surface area contributed by atoms with E-state index in [1.807, 2.05) is 0 Å². The van der Waals surface area contributed by atoms with Gasteiger partial charge in [-0.05, 0) is 18.6 Å². The first kappa shape index (κ1) is 24.2. The second-order valence-corrected chi connectivity index (χ2v) is 6.89. The zero-order valence-electron chi connectivity index (χ0n) is 18.1. The number of hydrogen-bond donors (Lipinski definition) is 3. The number of halogens is 1. The molecule has 0 radical (unpaired) electrons. The summed E-state index contributed by atoms with van der Waals surface area (Å²) in [5.41, 5.74) is 0.686. The van der Waals surface area contributed by atoms with Crippen molar-refractivity contribution in [3.63, 3.8) is 0 Å². The lowest BCUT2D eigenvalue weighted by Crippen LogP contribution is -2.41. The van der Waals surface area contributed by atoms with Crippen molar-refractivity contribution in [3.05, 3.63) is 47.9 Å². The van der Waals surface area contributed by atoms with Crippen LogP contribution >= 0.6 is 0 Å². The van der Waals surface area contributed by atoms with Gasteiger partial charge in [0.15, 0.2) is 11.5 Å². The smallest absolute Gasteiger partial charge is 0.326 e. The van der Waals surface area contributed by atoms with Crippen LogP contribution in [0.5, 0.6) is 23.1 Å². The van der Waals surface area contributed by atoms with Crippen LogP contribution in [0.4, 0.5) is 4.39 Å². The maximum atomic E-state index is 15.2. The number of methoxy groups -OCH3 is 2. The van der Waals surface area contributed by atoms with Crippen molar-refractivity contribution < 1.29 is 43.2 Å². The molecular weight excluding hydrogens is 453 g/mol. The van der Waals surface area contributed by atoms with E-state index in [0.29, 0.717) is 11.0 Å². The topological polar surface area (TPSA) is 157 Å². The Morgan fingerprint density at radius 3 is 2.41 bits per heavy atom. The van der Waals surface area contributed by atoms with E-state index >= 15 is 4.39 Å². The second-order valence-electron chi connectivity index (χ2n) is 6.89. The fourth-order valence-electron chi connectivity index (χ4n) is 3.09. The van der Waals surface area contributed by atoms with Gasteiger partial charge in [0.05, 0.1) is 31.4 Å². The van der Waals surface area contributed by atoms with E-state index < -0.39 is 47.4 Å². The molecule has 0 aliphatic heterocycles. The molecule has 11 nitrogen and oxygen atoms in total. The quantitative estimate of drug-likeness (QED) is 0.400. The van der Waals surface area contributed by atoms with Gasteiger partial charge in [-0.1, -0.05) is 12.1 Å². The summed E-state index contributed by atoms with van der Waals surface area (Å²) < 4.78 is 31.0. The molecular formula is C22H20FN3O8. The number of nitrogens with one attached hydrogen (secondary N) is 1. The molecule has 0 spiro atoms. The number of benzene rings is 2. The molecule has 0 bridgehead atoms. The molecule has 2 aromatic carbocycles. The lowest BCUT2D eigenvalue weighted by Gasteiger charge is -2.19. The summed E-state index contributed by atoms with van der Waals surface area (Å²) in [5, 5.41) is 20.2. The van der Waals surface area contributed by atoms with Gasteiger partial charge in [-0.3, -0.25) is 9.59 Å². The molecule has 178 valence electrons. The highest BCUT2D eigenvalue weighted by Gasteiger charge is 2.30. The second kappa shape index (κ2) is 10.4. The fraction of sp³-hybridized carbons (Fsp3) is 0.227. The third kappa shape index (κ3) is 5.28. The standard InChI is InChI=1S/C22H20FN3O8/c1-32-14-9-15(34-16-10-24-11-5-3-4-6-12(11)25-16)19(23)20(33-2)18(14)21(29)26-13(22(30)31)7-8-17(27)28/h3-6,9-10,13H,7-8H2,1-2H3,(H,26,29)(H,27,28)(H,30,31). The number of hydrogen-bond acceptors (Lipinski definition) is 8. The van der Waals surface area contributed by atoms with Crippen LogP contribution in [0.3, 0.4) is 0 Å². The van der Waals surface area contributed by atoms with Crippen molar-refractivity contribution in [2.45, 2.75) is 18.9 Å². The number of aliphatic carboxylic acids is 2. The number of aromatic nitrogens is 2. The molecule has 0 aliphatic rings. The van der Waals surface area contributed by atoms with E-state index in [0.717, 1.165) is 13.2 Å². The van der Waals surface area contributed by atoms with Crippen molar-refractivity contribution in [2.75, 3.05) is 14.2 Å². The van der Waals surface area contributed by atoms with Crippen LogP contribution < -0.4 is 19.5 Å². The molecule has 1 aromatic heterocycles. The van der Waals surface area contributed by atoms with E-state index in [9.17, 15) is 19.5 Å². The molecule has 12 heteroatoms. The third-order valence-corrected chi connectivity index (χ3v) is 4.69. The Morgan fingerprint density at radius 2 is 1.79 bits per heavy atom. The maximum absolute atomic E-state index is 15.2. The van der Waals surface area contributed by atoms with Gasteiger partial charge in [-0.2, -0.15) is 4.39 Å². The summed E-state index contributed by atoms with van der Waals surface area (Å²) in [4.78, 5) is 43.4. The summed E-state index contributed by atoms with van der Waals surface area (Å²) in [7, 11) is 2.32. The first-order valence-corrected chi connectivity index (χ1v) is 9.84. The minimum atomic E-state index is -1.54. The Hall–Kier alpha value is -4.48. The van der Waals surface area contributed by atoms with Gasteiger partial charge in [-0.15, -0.1) is 0 Å². The number of rotatable bonds is 10. The highest BCUT2D eigenvalue weighted by molar-refractivity contribution is 6.02. The van der Waals surface area contributed by atoms with Gasteiger partial charge < -0.3 is 29.7 Å². The predicted octanol–water partition coefficient (Wildman–Crippen LogP) is 2.63. The average Bonchev–Trinajstić information content (AvgIpc) is 2.82. The van der Waals surface area contributed by atoms with Crippen molar-refractivity contribution in [2.24, 2.45) is 0 Å². The number of nitrogens with zero attached hydrogens (tertiary/aromatic N) is 2. The van der Waals surface area contributed by atoms with Gasteiger partial charge in [0.1, 0.15) is 17.4 Å². The number of ether oxygens (including phenoxy) is 3. The molecule has 1 unspecified atom stereocenters. The fourth-order valence-corrected chi connectivity index (χ4v) is 3.09. The van der Waals surface area contributed by atoms with E-state index in [1.165, 1.54) is 13.3 Å². The summed E-state index contributed by atoms with van der Waals surface area (Å²) in [6, 6.07) is 6.52. The van der Waals surface area contributed by atoms with Crippen molar-refractivity contribution in [1.82, 2.24) is 15.3 Å². The lowest BCUT2D eigenvalue weighted by atomic mass is 10.1. The minimum absolute atomic E-state index is 0.0291. The van der Waals surface area contributed by atoms with Crippen LogP contribution in [0.25, 0.3) is 11.0 Å². The Morgan fingerprint density at radius 1 is 1.09 bits per heavy atom. The SMILES string of the molecule is COc1cc(Oc2cnc3ccccc3n2)c(F)c(OC)c1C(=O)NC(CCC(=O)O)C(=O)O. The highest BCUT2D eigenvalue weighted by atomic mass is 19.1. The summed E-state index contributed by atoms with van der Waals surface area (Å²) >= 11 is 0. The van der Waals surface area contributed by atoms with Gasteiger partial charge in [0.25, 0.3) is 5.91 Å². The van der Waals surface area contributed by atoms with Crippen LogP contribution in [0.15, 0.2) is 36.5 Å². The Balaban J connectivity index is 1.95. The molecule has 34 heavy (non-hydrogen) atoms. The number of carboxylic acids is 2. The van der Waals surface area contributed by atoms with Gasteiger partial charge >= 0.3 is 11.9 Å². The molecule has 1 heterocycles. The summed E-state index contributed by atoms with van der Waals surface area (Å²) in [6.45, 7) is 0. The van der Waals surface area contributed by atoms with E-state index in [-0.39, 0.29) is 23.8 Å². The van der Waals surface area contributed by atoms with Gasteiger partial charge in [-0.25, -0.2) is 14.8 Å². The Kier molecular flexibility index (Phi) is 7.41. The largest absolute Gasteiger partial charge is 0.496 e. The molecule has 3 rings (SSSR count). The first-order valence-electron chi connectivity index (χ1n) is 9.84. The number of amides is 1. The highest BCUT2D eigenvalue weighted by Crippen LogP contribution is 2.39. The molecule has 1 atom stereocenters. The van der Waals surface area contributed by atoms with Crippen molar-refractivity contribution >= 4 is 28.9 Å². The van der Waals surface area contributed by atoms with Gasteiger partial charge in [0, 0.05) is 12.5 Å². The van der Waals surface area contributed by atoms with Crippen molar-refractivity contribution in [1.29, 1.82) is 0 Å². The predicted molar refractivity (Wildman–Crippen MR) is 115 cm³/mol. The molecule has 0 fully saturated rings. The van der Waals surface area contributed by atoms with Crippen LogP contribution in [-0.2, 0) is 9.59 Å². The number of carbonyl (C=O) groups excluding carboxylic acids is 1. The molecule has 3 N–H and O–H groups in total. The molecule has 1 amide bonds. The van der Waals surface area contributed by atoms with Crippen molar-refractivity contribution in [3.8, 4) is 23.1 Å². The summed E-state index contributed by atoms with van der Waals surface area (Å²) in [6.07, 6.45) is 0.409. The van der Waals surface area contributed by atoms with Crippen LogP contribution in [0.2, 0.25) is 0 Å². The molecule has 3 aromatic rings. The maximum Gasteiger partial charge on any atom is 0.326 e. The van der Waals surface area contributed by atoms with Crippen LogP contribution in [-0.4, -0.2) is 58.3 Å². The number of para-hydroxylation sites is 2. The van der Waals surface area contributed by atoms with Crippen LogP contribution in [0.1, 0.15) is 23.2 Å². The normalized spacial score (nSPS) is 11.5. The Bertz CT molecular complexity index is 1250. The third-order valence-electron chi connectivity index (χ3n) is 4.69. The molecule has 0 aliphatic carbocycles.